The number of rotatable bonds is 16. The van der Waals surface area contributed by atoms with E-state index in [1.807, 2.05) is 0 Å². The molecule has 2 rings (SSSR count). The minimum absolute atomic E-state index is 0.0406. The van der Waals surface area contributed by atoms with Gasteiger partial charge in [-0.25, -0.2) is 0 Å². The summed E-state index contributed by atoms with van der Waals surface area (Å²) in [4.78, 5) is 0. The second-order valence-electron chi connectivity index (χ2n) is 14.2. The fourth-order valence-electron chi connectivity index (χ4n) is 6.33. The van der Waals surface area contributed by atoms with Crippen LogP contribution in [-0.2, 0) is 17.3 Å². The van der Waals surface area contributed by atoms with E-state index in [9.17, 15) is 5.11 Å². The molecule has 1 aliphatic heterocycles. The monoisotopic (exact) mass is 514 g/mol. The predicted molar refractivity (Wildman–Crippen MR) is 162 cm³/mol. The van der Waals surface area contributed by atoms with Gasteiger partial charge in [0.1, 0.15) is 17.1 Å². The van der Waals surface area contributed by atoms with Crippen molar-refractivity contribution < 1.29 is 9.84 Å². The summed E-state index contributed by atoms with van der Waals surface area (Å²) in [7, 11) is 0. The van der Waals surface area contributed by atoms with E-state index in [1.165, 1.54) is 108 Å². The van der Waals surface area contributed by atoms with Crippen LogP contribution in [-0.4, -0.2) is 10.7 Å². The Hall–Kier alpha value is -1.18. The highest BCUT2D eigenvalue weighted by atomic mass is 16.5. The van der Waals surface area contributed by atoms with Crippen LogP contribution in [0, 0.1) is 0 Å². The number of fused-ring (bicyclic) bond motifs is 1. The summed E-state index contributed by atoms with van der Waals surface area (Å²) in [5.74, 6) is 1.55. The zero-order chi connectivity index (χ0) is 27.5. The zero-order valence-corrected chi connectivity index (χ0v) is 26.2. The summed E-state index contributed by atoms with van der Waals surface area (Å²) < 4.78 is 7.13. The summed E-state index contributed by atoms with van der Waals surface area (Å²) in [6, 6.07) is 2.20. The highest BCUT2D eigenvalue weighted by Gasteiger charge is 2.40. The molecule has 0 radical (unpaired) electrons. The standard InChI is InChI=1S/C35H62O2/c1-9-11-13-15-17-19-21-24-35(25-22-20-18-16-14-12-10-2)26-23-28-30(37-35)27-29(33(3,4)5)32(36)31(28)34(6,7)8/h27,36H,9-26H2,1-8H3. The lowest BCUT2D eigenvalue weighted by atomic mass is 9.73. The number of hydrogen-bond donors (Lipinski definition) is 1. The molecule has 0 aliphatic carbocycles. The molecule has 1 aromatic carbocycles. The molecule has 0 bridgehead atoms. The Kier molecular flexibility index (Phi) is 12.8. The first kappa shape index (κ1) is 32.0. The quantitative estimate of drug-likeness (QED) is 0.222. The second kappa shape index (κ2) is 14.8. The molecule has 2 heteroatoms. The Morgan fingerprint density at radius 2 is 1.16 bits per heavy atom. The maximum Gasteiger partial charge on any atom is 0.124 e. The van der Waals surface area contributed by atoms with Crippen molar-refractivity contribution in [3.8, 4) is 11.5 Å². The molecule has 1 N–H and O–H groups in total. The maximum atomic E-state index is 11.4. The number of unbranched alkanes of at least 4 members (excludes halogenated alkanes) is 12. The van der Waals surface area contributed by atoms with E-state index in [0.29, 0.717) is 5.75 Å². The van der Waals surface area contributed by atoms with E-state index in [0.717, 1.165) is 29.7 Å². The molecule has 0 fully saturated rings. The van der Waals surface area contributed by atoms with Crippen LogP contribution in [0.1, 0.15) is 181 Å². The first-order chi connectivity index (χ1) is 17.4. The lowest BCUT2D eigenvalue weighted by molar-refractivity contribution is 0.0231. The number of aromatic hydroxyl groups is 1. The van der Waals surface area contributed by atoms with E-state index in [4.69, 9.17) is 4.74 Å². The third kappa shape index (κ3) is 9.81. The molecule has 0 unspecified atom stereocenters. The minimum atomic E-state index is -0.125. The lowest BCUT2D eigenvalue weighted by Gasteiger charge is -2.42. The van der Waals surface area contributed by atoms with Gasteiger partial charge in [-0.3, -0.25) is 0 Å². The fourth-order valence-corrected chi connectivity index (χ4v) is 6.33. The highest BCUT2D eigenvalue weighted by molar-refractivity contribution is 5.58. The largest absolute Gasteiger partial charge is 0.507 e. The summed E-state index contributed by atoms with van der Waals surface area (Å²) >= 11 is 0. The summed E-state index contributed by atoms with van der Waals surface area (Å²) in [6.07, 6.45) is 23.3. The summed E-state index contributed by atoms with van der Waals surface area (Å²) in [6.45, 7) is 17.9. The number of phenols is 1. The third-order valence-corrected chi connectivity index (χ3v) is 8.55. The molecule has 0 aromatic heterocycles. The van der Waals surface area contributed by atoms with Gasteiger partial charge in [0.25, 0.3) is 0 Å². The van der Waals surface area contributed by atoms with Crippen molar-refractivity contribution in [2.75, 3.05) is 0 Å². The van der Waals surface area contributed by atoms with Crippen LogP contribution >= 0.6 is 0 Å². The molecule has 1 aliphatic rings. The molecule has 1 aromatic rings. The van der Waals surface area contributed by atoms with Crippen molar-refractivity contribution in [2.45, 2.75) is 187 Å². The molecule has 1 heterocycles. The second-order valence-corrected chi connectivity index (χ2v) is 14.2. The number of hydrogen-bond acceptors (Lipinski definition) is 2. The van der Waals surface area contributed by atoms with E-state index >= 15 is 0 Å². The fraction of sp³-hybridized carbons (Fsp3) is 0.829. The molecule has 37 heavy (non-hydrogen) atoms. The summed E-state index contributed by atoms with van der Waals surface area (Å²) in [5, 5.41) is 11.4. The van der Waals surface area contributed by atoms with Gasteiger partial charge in [0.05, 0.1) is 0 Å². The smallest absolute Gasteiger partial charge is 0.124 e. The van der Waals surface area contributed by atoms with Gasteiger partial charge in [-0.2, -0.15) is 0 Å². The van der Waals surface area contributed by atoms with Crippen LogP contribution in [0.2, 0.25) is 0 Å². The molecule has 214 valence electrons. The first-order valence-electron chi connectivity index (χ1n) is 16.0. The molecule has 0 saturated carbocycles. The molecular weight excluding hydrogens is 452 g/mol. The van der Waals surface area contributed by atoms with Crippen LogP contribution in [0.5, 0.6) is 11.5 Å². The van der Waals surface area contributed by atoms with Gasteiger partial charge in [0, 0.05) is 16.7 Å². The Bertz CT molecular complexity index is 775. The van der Waals surface area contributed by atoms with E-state index < -0.39 is 0 Å². The number of ether oxygens (including phenoxy) is 1. The molecule has 0 atom stereocenters. The van der Waals surface area contributed by atoms with Crippen molar-refractivity contribution in [2.24, 2.45) is 0 Å². The Morgan fingerprint density at radius 3 is 1.59 bits per heavy atom. The predicted octanol–water partition coefficient (Wildman–Crippen LogP) is 11.3. The van der Waals surface area contributed by atoms with Crippen molar-refractivity contribution >= 4 is 0 Å². The lowest BCUT2D eigenvalue weighted by Crippen LogP contribution is -2.40. The van der Waals surface area contributed by atoms with Gasteiger partial charge in [-0.15, -0.1) is 0 Å². The van der Waals surface area contributed by atoms with Gasteiger partial charge in [-0.1, -0.05) is 132 Å². The van der Waals surface area contributed by atoms with Gasteiger partial charge in [0.15, 0.2) is 0 Å². The topological polar surface area (TPSA) is 29.5 Å². The Balaban J connectivity index is 2.22. The van der Waals surface area contributed by atoms with Crippen molar-refractivity contribution in [3.63, 3.8) is 0 Å². The van der Waals surface area contributed by atoms with Gasteiger partial charge >= 0.3 is 0 Å². The molecule has 0 spiro atoms. The number of benzene rings is 1. The van der Waals surface area contributed by atoms with Crippen LogP contribution < -0.4 is 4.74 Å². The molecular formula is C35H62O2. The Morgan fingerprint density at radius 1 is 0.703 bits per heavy atom. The van der Waals surface area contributed by atoms with Crippen LogP contribution in [0.15, 0.2) is 6.07 Å². The Labute approximate surface area is 231 Å². The van der Waals surface area contributed by atoms with E-state index in [2.05, 4.69) is 61.5 Å². The van der Waals surface area contributed by atoms with Crippen molar-refractivity contribution in [1.82, 2.24) is 0 Å². The zero-order valence-electron chi connectivity index (χ0n) is 26.2. The molecule has 0 amide bonds. The maximum absolute atomic E-state index is 11.4. The minimum Gasteiger partial charge on any atom is -0.507 e. The van der Waals surface area contributed by atoms with Crippen molar-refractivity contribution in [3.05, 3.63) is 22.8 Å². The molecule has 0 saturated heterocycles. The average Bonchev–Trinajstić information content (AvgIpc) is 2.81. The summed E-state index contributed by atoms with van der Waals surface area (Å²) in [5.41, 5.74) is 3.11. The highest BCUT2D eigenvalue weighted by Crippen LogP contribution is 2.49. The van der Waals surface area contributed by atoms with Gasteiger partial charge < -0.3 is 9.84 Å². The van der Waals surface area contributed by atoms with Gasteiger partial charge in [0.2, 0.25) is 0 Å². The van der Waals surface area contributed by atoms with E-state index in [1.54, 1.807) is 0 Å². The average molecular weight is 515 g/mol. The van der Waals surface area contributed by atoms with Crippen LogP contribution in [0.4, 0.5) is 0 Å². The van der Waals surface area contributed by atoms with Gasteiger partial charge in [-0.05, 0) is 55.4 Å². The van der Waals surface area contributed by atoms with Crippen molar-refractivity contribution in [1.29, 1.82) is 0 Å². The normalized spacial score (nSPS) is 15.5. The first-order valence-corrected chi connectivity index (χ1v) is 16.0. The van der Waals surface area contributed by atoms with Crippen LogP contribution in [0.25, 0.3) is 0 Å². The third-order valence-electron chi connectivity index (χ3n) is 8.55. The van der Waals surface area contributed by atoms with Crippen LogP contribution in [0.3, 0.4) is 0 Å². The SMILES string of the molecule is CCCCCCCCCC1(CCCCCCCCC)CCc2c(cc(C(C)(C)C)c(O)c2C(C)(C)C)O1. The molecule has 2 nitrogen and oxygen atoms in total. The number of phenolic OH excluding ortho intramolecular Hbond substituents is 1. The van der Waals surface area contributed by atoms with E-state index in [-0.39, 0.29) is 16.4 Å².